The van der Waals surface area contributed by atoms with Gasteiger partial charge >= 0.3 is 0 Å². The zero-order valence-corrected chi connectivity index (χ0v) is 16.1. The average molecular weight is 391 g/mol. The summed E-state index contributed by atoms with van der Waals surface area (Å²) in [6, 6.07) is 10.1. The lowest BCUT2D eigenvalue weighted by atomic mass is 10.1. The van der Waals surface area contributed by atoms with Gasteiger partial charge in [0.25, 0.3) is 5.69 Å². The lowest BCUT2D eigenvalue weighted by Gasteiger charge is -2.18. The summed E-state index contributed by atoms with van der Waals surface area (Å²) in [5.41, 5.74) is 1.65. The van der Waals surface area contributed by atoms with Gasteiger partial charge in [-0.2, -0.15) is 4.31 Å². The Morgan fingerprint density at radius 3 is 2.58 bits per heavy atom. The molecule has 0 bridgehead atoms. The monoisotopic (exact) mass is 391 g/mol. The molecule has 1 heterocycles. The number of non-ortho nitro benzene ring substituents is 1. The number of aryl methyl sites for hydroxylation is 1. The topological polar surface area (TPSA) is 93.4 Å². The van der Waals surface area contributed by atoms with Crippen molar-refractivity contribution in [3.63, 3.8) is 0 Å². The van der Waals surface area contributed by atoms with Gasteiger partial charge < -0.3 is 0 Å². The molecule has 9 heteroatoms. The SMILES string of the molecule is Cc1cc([N+](=O)[O-])cc(S(=O)(=O)N(C)Cc2nc3ccccc3s2)c1C. The van der Waals surface area contributed by atoms with Gasteiger partial charge in [0.05, 0.1) is 26.6 Å². The largest absolute Gasteiger partial charge is 0.271 e. The first-order valence-corrected chi connectivity index (χ1v) is 10.0. The quantitative estimate of drug-likeness (QED) is 0.489. The second kappa shape index (κ2) is 6.75. The Hall–Kier alpha value is -2.36. The summed E-state index contributed by atoms with van der Waals surface area (Å²) in [7, 11) is -2.43. The van der Waals surface area contributed by atoms with Crippen molar-refractivity contribution < 1.29 is 13.3 Å². The van der Waals surface area contributed by atoms with Crippen LogP contribution in [0.2, 0.25) is 0 Å². The fraction of sp³-hybridized carbons (Fsp3) is 0.235. The maximum Gasteiger partial charge on any atom is 0.271 e. The van der Waals surface area contributed by atoms with E-state index < -0.39 is 14.9 Å². The first-order chi connectivity index (χ1) is 12.2. The van der Waals surface area contributed by atoms with E-state index in [1.165, 1.54) is 28.8 Å². The molecule has 0 unspecified atom stereocenters. The van der Waals surface area contributed by atoms with E-state index >= 15 is 0 Å². The van der Waals surface area contributed by atoms with E-state index in [1.54, 1.807) is 13.8 Å². The van der Waals surface area contributed by atoms with E-state index in [4.69, 9.17) is 0 Å². The van der Waals surface area contributed by atoms with Gasteiger partial charge in [0.15, 0.2) is 0 Å². The molecule has 0 saturated heterocycles. The van der Waals surface area contributed by atoms with Crippen LogP contribution in [0.15, 0.2) is 41.3 Å². The fourth-order valence-corrected chi connectivity index (χ4v) is 5.16. The van der Waals surface area contributed by atoms with Crippen LogP contribution in [-0.2, 0) is 16.6 Å². The van der Waals surface area contributed by atoms with Gasteiger partial charge in [-0.1, -0.05) is 12.1 Å². The fourth-order valence-electron chi connectivity index (χ4n) is 2.61. The highest BCUT2D eigenvalue weighted by Crippen LogP contribution is 2.29. The molecule has 2 aromatic carbocycles. The molecule has 0 aliphatic heterocycles. The van der Waals surface area contributed by atoms with Crippen LogP contribution in [0.1, 0.15) is 16.1 Å². The van der Waals surface area contributed by atoms with Crippen LogP contribution in [0, 0.1) is 24.0 Å². The van der Waals surface area contributed by atoms with E-state index in [2.05, 4.69) is 4.98 Å². The molecule has 0 saturated carbocycles. The molecular weight excluding hydrogens is 374 g/mol. The molecule has 3 rings (SSSR count). The Morgan fingerprint density at radius 1 is 1.23 bits per heavy atom. The van der Waals surface area contributed by atoms with Crippen LogP contribution in [0.5, 0.6) is 0 Å². The third-order valence-corrected chi connectivity index (χ3v) is 7.15. The van der Waals surface area contributed by atoms with Gasteiger partial charge in [0, 0.05) is 19.2 Å². The summed E-state index contributed by atoms with van der Waals surface area (Å²) in [6.07, 6.45) is 0. The normalized spacial score (nSPS) is 12.0. The van der Waals surface area contributed by atoms with Gasteiger partial charge in [0.2, 0.25) is 10.0 Å². The third kappa shape index (κ3) is 3.33. The number of thiazole rings is 1. The molecule has 0 aliphatic carbocycles. The van der Waals surface area contributed by atoms with Crippen LogP contribution in [-0.4, -0.2) is 29.7 Å². The number of nitro groups is 1. The number of sulfonamides is 1. The van der Waals surface area contributed by atoms with Gasteiger partial charge in [-0.15, -0.1) is 11.3 Å². The summed E-state index contributed by atoms with van der Waals surface area (Å²) in [6.45, 7) is 3.41. The maximum atomic E-state index is 13.0. The first kappa shape index (κ1) is 18.4. The van der Waals surface area contributed by atoms with Crippen molar-refractivity contribution in [3.05, 3.63) is 62.6 Å². The number of nitrogens with zero attached hydrogens (tertiary/aromatic N) is 3. The van der Waals surface area contributed by atoms with Gasteiger partial charge in [-0.3, -0.25) is 10.1 Å². The smallest absolute Gasteiger partial charge is 0.258 e. The van der Waals surface area contributed by atoms with Gasteiger partial charge in [-0.05, 0) is 37.1 Å². The molecule has 3 aromatic rings. The number of hydrogen-bond acceptors (Lipinski definition) is 6. The molecule has 0 radical (unpaired) electrons. The standard InChI is InChI=1S/C17H17N3O4S2/c1-11-8-13(20(21)22)9-16(12(11)2)26(23,24)19(3)10-17-18-14-6-4-5-7-15(14)25-17/h4-9H,10H2,1-3H3. The van der Waals surface area contributed by atoms with Crippen molar-refractivity contribution in [1.29, 1.82) is 0 Å². The minimum Gasteiger partial charge on any atom is -0.258 e. The summed E-state index contributed by atoms with van der Waals surface area (Å²) in [5.74, 6) is 0. The van der Waals surface area contributed by atoms with Crippen molar-refractivity contribution in [1.82, 2.24) is 9.29 Å². The number of rotatable bonds is 5. The van der Waals surface area contributed by atoms with Crippen LogP contribution in [0.4, 0.5) is 5.69 Å². The molecule has 7 nitrogen and oxygen atoms in total. The molecule has 0 spiro atoms. The summed E-state index contributed by atoms with van der Waals surface area (Å²) in [5, 5.41) is 11.8. The molecule has 26 heavy (non-hydrogen) atoms. The Kier molecular flexibility index (Phi) is 4.78. The maximum absolute atomic E-state index is 13.0. The molecule has 0 N–H and O–H groups in total. The number of hydrogen-bond donors (Lipinski definition) is 0. The van der Waals surface area contributed by atoms with E-state index in [-0.39, 0.29) is 17.1 Å². The molecular formula is C17H17N3O4S2. The summed E-state index contributed by atoms with van der Waals surface area (Å²) in [4.78, 5) is 14.9. The van der Waals surface area contributed by atoms with Crippen molar-refractivity contribution in [3.8, 4) is 0 Å². The van der Waals surface area contributed by atoms with E-state index in [0.717, 1.165) is 16.3 Å². The number of aromatic nitrogens is 1. The highest BCUT2D eigenvalue weighted by atomic mass is 32.2. The Morgan fingerprint density at radius 2 is 1.92 bits per heavy atom. The van der Waals surface area contributed by atoms with Crippen molar-refractivity contribution >= 4 is 37.3 Å². The summed E-state index contributed by atoms with van der Waals surface area (Å²) < 4.78 is 28.1. The lowest BCUT2D eigenvalue weighted by molar-refractivity contribution is -0.385. The third-order valence-electron chi connectivity index (χ3n) is 4.20. The predicted octanol–water partition coefficient (Wildman–Crippen LogP) is 3.64. The minimum absolute atomic E-state index is 0.0483. The molecule has 1 aromatic heterocycles. The van der Waals surface area contributed by atoms with Crippen LogP contribution < -0.4 is 0 Å². The van der Waals surface area contributed by atoms with Gasteiger partial charge in [0.1, 0.15) is 5.01 Å². The van der Waals surface area contributed by atoms with E-state index in [0.29, 0.717) is 16.1 Å². The Balaban J connectivity index is 1.98. The molecule has 0 aliphatic rings. The number of fused-ring (bicyclic) bond motifs is 1. The molecule has 0 fully saturated rings. The first-order valence-electron chi connectivity index (χ1n) is 7.76. The number of nitro benzene ring substituents is 1. The number of para-hydroxylation sites is 1. The highest BCUT2D eigenvalue weighted by Gasteiger charge is 2.27. The molecule has 0 atom stereocenters. The van der Waals surface area contributed by atoms with Crippen molar-refractivity contribution in [2.45, 2.75) is 25.3 Å². The second-order valence-electron chi connectivity index (χ2n) is 5.98. The van der Waals surface area contributed by atoms with E-state index in [1.807, 2.05) is 24.3 Å². The average Bonchev–Trinajstić information content (AvgIpc) is 2.98. The van der Waals surface area contributed by atoms with Crippen LogP contribution in [0.25, 0.3) is 10.2 Å². The predicted molar refractivity (Wildman–Crippen MR) is 101 cm³/mol. The lowest BCUT2D eigenvalue weighted by Crippen LogP contribution is -2.27. The number of benzene rings is 2. The van der Waals surface area contributed by atoms with Crippen LogP contribution >= 0.6 is 11.3 Å². The van der Waals surface area contributed by atoms with Crippen molar-refractivity contribution in [2.75, 3.05) is 7.05 Å². The summed E-state index contributed by atoms with van der Waals surface area (Å²) >= 11 is 1.43. The highest BCUT2D eigenvalue weighted by molar-refractivity contribution is 7.89. The van der Waals surface area contributed by atoms with Crippen molar-refractivity contribution in [2.24, 2.45) is 0 Å². The Labute approximate surface area is 155 Å². The van der Waals surface area contributed by atoms with Gasteiger partial charge in [-0.25, -0.2) is 13.4 Å². The molecule has 136 valence electrons. The second-order valence-corrected chi connectivity index (χ2v) is 9.11. The minimum atomic E-state index is -3.89. The zero-order chi connectivity index (χ0) is 19.1. The van der Waals surface area contributed by atoms with E-state index in [9.17, 15) is 18.5 Å². The zero-order valence-electron chi connectivity index (χ0n) is 14.5. The molecule has 0 amide bonds. The Bertz CT molecular complexity index is 1070. The van der Waals surface area contributed by atoms with Crippen LogP contribution in [0.3, 0.4) is 0 Å².